The molecule has 0 aliphatic carbocycles. The number of carbonyl (C=O) groups is 2. The molecular weight excluding hydrogens is 234 g/mol. The first-order valence-corrected chi connectivity index (χ1v) is 5.33. The van der Waals surface area contributed by atoms with Crippen molar-refractivity contribution < 1.29 is 19.1 Å². The number of rotatable bonds is 5. The molecule has 18 heavy (non-hydrogen) atoms. The molecule has 1 rings (SSSR count). The third-order valence-electron chi connectivity index (χ3n) is 2.19. The fourth-order valence-electron chi connectivity index (χ4n) is 1.26. The first kappa shape index (κ1) is 13.8. The van der Waals surface area contributed by atoms with Crippen LogP contribution in [0.15, 0.2) is 30.3 Å². The number of benzene rings is 1. The van der Waals surface area contributed by atoms with Gasteiger partial charge in [0, 0.05) is 11.6 Å². The number of methoxy groups -OCH3 is 2. The van der Waals surface area contributed by atoms with E-state index in [4.69, 9.17) is 4.74 Å². The Morgan fingerprint density at radius 3 is 2.67 bits per heavy atom. The fourth-order valence-corrected chi connectivity index (χ4v) is 1.26. The smallest absolute Gasteiger partial charge is 0.325 e. The summed E-state index contributed by atoms with van der Waals surface area (Å²) in [5.74, 6) is -0.185. The Kier molecular flexibility index (Phi) is 5.44. The summed E-state index contributed by atoms with van der Waals surface area (Å²) in [4.78, 5) is 22.2. The maximum Gasteiger partial charge on any atom is 0.325 e. The number of hydrogen-bond acceptors (Lipinski definition) is 4. The second-order valence-electron chi connectivity index (χ2n) is 3.37. The highest BCUT2D eigenvalue weighted by atomic mass is 16.5. The maximum absolute atomic E-state index is 11.4. The third-order valence-corrected chi connectivity index (χ3v) is 2.19. The summed E-state index contributed by atoms with van der Waals surface area (Å²) < 4.78 is 9.54. The highest BCUT2D eigenvalue weighted by molar-refractivity contribution is 5.93. The molecule has 96 valence electrons. The average Bonchev–Trinajstić information content (AvgIpc) is 2.42. The molecule has 1 amide bonds. The Morgan fingerprint density at radius 1 is 1.28 bits per heavy atom. The second kappa shape index (κ2) is 7.11. The van der Waals surface area contributed by atoms with Crippen LogP contribution in [0.3, 0.4) is 0 Å². The van der Waals surface area contributed by atoms with E-state index in [0.29, 0.717) is 5.75 Å². The molecule has 0 aromatic heterocycles. The van der Waals surface area contributed by atoms with Gasteiger partial charge in [0.15, 0.2) is 0 Å². The van der Waals surface area contributed by atoms with Crippen molar-refractivity contribution in [2.45, 2.75) is 0 Å². The minimum Gasteiger partial charge on any atom is -0.496 e. The first-order chi connectivity index (χ1) is 8.67. The van der Waals surface area contributed by atoms with Gasteiger partial charge in [0.25, 0.3) is 0 Å². The Labute approximate surface area is 105 Å². The molecule has 0 spiro atoms. The van der Waals surface area contributed by atoms with Crippen molar-refractivity contribution in [2.24, 2.45) is 0 Å². The van der Waals surface area contributed by atoms with Crippen LogP contribution in [0.1, 0.15) is 5.56 Å². The Bertz CT molecular complexity index is 454. The average molecular weight is 249 g/mol. The van der Waals surface area contributed by atoms with Crippen LogP contribution < -0.4 is 10.1 Å². The molecule has 0 heterocycles. The van der Waals surface area contributed by atoms with Crippen LogP contribution in [0.5, 0.6) is 5.75 Å². The molecule has 0 atom stereocenters. The molecule has 5 heteroatoms. The van der Waals surface area contributed by atoms with E-state index in [-0.39, 0.29) is 12.5 Å². The minimum atomic E-state index is -0.492. The molecule has 0 fully saturated rings. The predicted octanol–water partition coefficient (Wildman–Crippen LogP) is 0.998. The van der Waals surface area contributed by atoms with E-state index < -0.39 is 5.97 Å². The molecule has 1 N–H and O–H groups in total. The van der Waals surface area contributed by atoms with Gasteiger partial charge in [0.1, 0.15) is 12.3 Å². The lowest BCUT2D eigenvalue weighted by Gasteiger charge is -2.03. The molecule has 0 saturated carbocycles. The molecule has 0 radical (unpaired) electrons. The number of carbonyl (C=O) groups excluding carboxylic acids is 2. The number of nitrogens with one attached hydrogen (secondary N) is 1. The third kappa shape index (κ3) is 4.29. The molecule has 1 aromatic rings. The molecular formula is C13H15NO4. The van der Waals surface area contributed by atoms with Gasteiger partial charge in [-0.25, -0.2) is 0 Å². The summed E-state index contributed by atoms with van der Waals surface area (Å²) in [6.45, 7) is -0.147. The van der Waals surface area contributed by atoms with Crippen molar-refractivity contribution in [1.29, 1.82) is 0 Å². The normalized spacial score (nSPS) is 10.1. The van der Waals surface area contributed by atoms with Crippen LogP contribution in [-0.2, 0) is 14.3 Å². The van der Waals surface area contributed by atoms with Gasteiger partial charge in [0.2, 0.25) is 5.91 Å². The van der Waals surface area contributed by atoms with Gasteiger partial charge in [-0.2, -0.15) is 0 Å². The second-order valence-corrected chi connectivity index (χ2v) is 3.37. The minimum absolute atomic E-state index is 0.147. The van der Waals surface area contributed by atoms with E-state index in [1.807, 2.05) is 18.2 Å². The van der Waals surface area contributed by atoms with Crippen LogP contribution >= 0.6 is 0 Å². The lowest BCUT2D eigenvalue weighted by atomic mass is 10.2. The largest absolute Gasteiger partial charge is 0.496 e. The number of ether oxygens (including phenoxy) is 2. The van der Waals surface area contributed by atoms with E-state index in [0.717, 1.165) is 5.56 Å². The molecule has 0 aliphatic rings. The zero-order valence-electron chi connectivity index (χ0n) is 10.3. The van der Waals surface area contributed by atoms with Crippen molar-refractivity contribution >= 4 is 18.0 Å². The number of para-hydroxylation sites is 1. The molecule has 5 nitrogen and oxygen atoms in total. The van der Waals surface area contributed by atoms with E-state index in [1.54, 1.807) is 19.3 Å². The van der Waals surface area contributed by atoms with Crippen LogP contribution in [0.25, 0.3) is 6.08 Å². The highest BCUT2D eigenvalue weighted by Gasteiger charge is 2.02. The van der Waals surface area contributed by atoms with Gasteiger partial charge in [-0.1, -0.05) is 18.2 Å². The maximum atomic E-state index is 11.4. The Balaban J connectivity index is 2.58. The lowest BCUT2D eigenvalue weighted by Crippen LogP contribution is -2.28. The zero-order chi connectivity index (χ0) is 13.4. The fraction of sp³-hybridized carbons (Fsp3) is 0.231. The topological polar surface area (TPSA) is 64.6 Å². The predicted molar refractivity (Wildman–Crippen MR) is 67.1 cm³/mol. The monoisotopic (exact) mass is 249 g/mol. The van der Waals surface area contributed by atoms with Gasteiger partial charge in [-0.05, 0) is 12.1 Å². The van der Waals surface area contributed by atoms with Gasteiger partial charge < -0.3 is 14.8 Å². The van der Waals surface area contributed by atoms with Crippen molar-refractivity contribution in [2.75, 3.05) is 20.8 Å². The summed E-state index contributed by atoms with van der Waals surface area (Å²) >= 11 is 0. The van der Waals surface area contributed by atoms with Crippen LogP contribution in [0, 0.1) is 0 Å². The van der Waals surface area contributed by atoms with E-state index in [1.165, 1.54) is 13.2 Å². The van der Waals surface area contributed by atoms with Gasteiger partial charge in [-0.15, -0.1) is 0 Å². The first-order valence-electron chi connectivity index (χ1n) is 5.33. The van der Waals surface area contributed by atoms with Crippen molar-refractivity contribution in [3.8, 4) is 5.75 Å². The zero-order valence-corrected chi connectivity index (χ0v) is 10.3. The van der Waals surface area contributed by atoms with Gasteiger partial charge >= 0.3 is 5.97 Å². The standard InChI is InChI=1S/C13H15NO4/c1-17-11-6-4-3-5-10(11)7-8-12(15)14-9-13(16)18-2/h3-8H,9H2,1-2H3,(H,14,15)/b8-7-. The molecule has 0 aliphatic heterocycles. The van der Waals surface area contributed by atoms with Gasteiger partial charge in [0.05, 0.1) is 14.2 Å². The van der Waals surface area contributed by atoms with Crippen LogP contribution in [0.2, 0.25) is 0 Å². The number of amides is 1. The summed E-state index contributed by atoms with van der Waals surface area (Å²) in [5, 5.41) is 2.40. The van der Waals surface area contributed by atoms with Crippen LogP contribution in [-0.4, -0.2) is 32.6 Å². The molecule has 1 aromatic carbocycles. The number of hydrogen-bond donors (Lipinski definition) is 1. The van der Waals surface area contributed by atoms with Crippen molar-refractivity contribution in [3.63, 3.8) is 0 Å². The van der Waals surface area contributed by atoms with E-state index >= 15 is 0 Å². The van der Waals surface area contributed by atoms with Gasteiger partial charge in [-0.3, -0.25) is 9.59 Å². The summed E-state index contributed by atoms with van der Waals surface area (Å²) in [7, 11) is 2.82. The molecule has 0 unspecified atom stereocenters. The Morgan fingerprint density at radius 2 is 2.00 bits per heavy atom. The Hall–Kier alpha value is -2.30. The number of esters is 1. The highest BCUT2D eigenvalue weighted by Crippen LogP contribution is 2.18. The SMILES string of the molecule is COC(=O)CNC(=O)/C=C\c1ccccc1OC. The van der Waals surface area contributed by atoms with Crippen molar-refractivity contribution in [1.82, 2.24) is 5.32 Å². The van der Waals surface area contributed by atoms with Crippen LogP contribution in [0.4, 0.5) is 0 Å². The van der Waals surface area contributed by atoms with Crippen molar-refractivity contribution in [3.05, 3.63) is 35.9 Å². The summed E-state index contributed by atoms with van der Waals surface area (Å²) in [6, 6.07) is 7.30. The lowest BCUT2D eigenvalue weighted by molar-refractivity contribution is -0.140. The summed E-state index contributed by atoms with van der Waals surface area (Å²) in [6.07, 6.45) is 2.95. The molecule has 0 saturated heterocycles. The summed E-state index contributed by atoms with van der Waals surface area (Å²) in [5.41, 5.74) is 0.785. The van der Waals surface area contributed by atoms with E-state index in [2.05, 4.69) is 10.1 Å². The van der Waals surface area contributed by atoms with E-state index in [9.17, 15) is 9.59 Å². The quantitative estimate of drug-likeness (QED) is 0.624. The molecule has 0 bridgehead atoms.